The highest BCUT2D eigenvalue weighted by Crippen LogP contribution is 2.10. The number of unbranched alkanes of at least 4 members (excludes halogenated alkanes) is 5. The predicted octanol–water partition coefficient (Wildman–Crippen LogP) is 3.86. The molecule has 0 aromatic heterocycles. The van der Waals surface area contributed by atoms with E-state index in [9.17, 15) is 0 Å². The van der Waals surface area contributed by atoms with Gasteiger partial charge in [-0.1, -0.05) is 69.4 Å². The van der Waals surface area contributed by atoms with Gasteiger partial charge in [-0.15, -0.1) is 0 Å². The van der Waals surface area contributed by atoms with Crippen LogP contribution in [0.2, 0.25) is 0 Å². The summed E-state index contributed by atoms with van der Waals surface area (Å²) in [5.41, 5.74) is 1.46. The zero-order valence-electron chi connectivity index (χ0n) is 13.7. The summed E-state index contributed by atoms with van der Waals surface area (Å²) >= 11 is 0. The lowest BCUT2D eigenvalue weighted by Crippen LogP contribution is -2.51. The molecule has 1 saturated heterocycles. The van der Waals surface area contributed by atoms with E-state index in [0.29, 0.717) is 6.04 Å². The Kier molecular flexibility index (Phi) is 7.83. The van der Waals surface area contributed by atoms with E-state index in [4.69, 9.17) is 0 Å². The third kappa shape index (κ3) is 6.62. The molecule has 118 valence electrons. The molecule has 21 heavy (non-hydrogen) atoms. The molecule has 0 bridgehead atoms. The minimum atomic E-state index is 0.626. The standard InChI is InChI=1S/C19H32N2/c1-2-3-4-5-6-10-14-21-15-13-20-19(17-21)16-18-11-8-7-9-12-18/h7-9,11-12,19-20H,2-6,10,13-17H2,1H3. The highest BCUT2D eigenvalue weighted by molar-refractivity contribution is 5.16. The Hall–Kier alpha value is -0.860. The number of hydrogen-bond acceptors (Lipinski definition) is 2. The topological polar surface area (TPSA) is 15.3 Å². The van der Waals surface area contributed by atoms with Gasteiger partial charge in [0, 0.05) is 25.7 Å². The van der Waals surface area contributed by atoms with E-state index in [1.54, 1.807) is 0 Å². The molecule has 2 nitrogen and oxygen atoms in total. The maximum absolute atomic E-state index is 3.67. The lowest BCUT2D eigenvalue weighted by molar-refractivity contribution is 0.195. The molecule has 1 aliphatic rings. The van der Waals surface area contributed by atoms with E-state index in [1.165, 1.54) is 63.7 Å². The number of rotatable bonds is 9. The first kappa shape index (κ1) is 16.5. The molecular weight excluding hydrogens is 256 g/mol. The first-order valence-corrected chi connectivity index (χ1v) is 8.88. The van der Waals surface area contributed by atoms with Crippen LogP contribution in [0.1, 0.15) is 51.0 Å². The Balaban J connectivity index is 1.62. The Morgan fingerprint density at radius 2 is 1.81 bits per heavy atom. The molecule has 1 N–H and O–H groups in total. The van der Waals surface area contributed by atoms with Gasteiger partial charge >= 0.3 is 0 Å². The number of nitrogens with zero attached hydrogens (tertiary/aromatic N) is 1. The zero-order valence-corrected chi connectivity index (χ0v) is 13.7. The maximum atomic E-state index is 3.67. The van der Waals surface area contributed by atoms with Gasteiger partial charge in [0.05, 0.1) is 0 Å². The van der Waals surface area contributed by atoms with Crippen LogP contribution in [0.25, 0.3) is 0 Å². The van der Waals surface area contributed by atoms with E-state index in [1.807, 2.05) is 0 Å². The normalized spacial score (nSPS) is 19.8. The van der Waals surface area contributed by atoms with Gasteiger partial charge in [-0.2, -0.15) is 0 Å². The third-order valence-electron chi connectivity index (χ3n) is 4.49. The second kappa shape index (κ2) is 9.97. The number of hydrogen-bond donors (Lipinski definition) is 1. The minimum Gasteiger partial charge on any atom is -0.311 e. The minimum absolute atomic E-state index is 0.626. The molecule has 0 saturated carbocycles. The lowest BCUT2D eigenvalue weighted by Gasteiger charge is -2.33. The lowest BCUT2D eigenvalue weighted by atomic mass is 10.0. The molecule has 1 aliphatic heterocycles. The van der Waals surface area contributed by atoms with Crippen LogP contribution in [0.15, 0.2) is 30.3 Å². The SMILES string of the molecule is CCCCCCCCN1CCNC(Cc2ccccc2)C1. The molecule has 2 heteroatoms. The van der Waals surface area contributed by atoms with Gasteiger partial charge in [0.2, 0.25) is 0 Å². The summed E-state index contributed by atoms with van der Waals surface area (Å²) in [6.45, 7) is 7.16. The van der Waals surface area contributed by atoms with E-state index in [0.717, 1.165) is 13.0 Å². The van der Waals surface area contributed by atoms with E-state index in [2.05, 4.69) is 47.5 Å². The predicted molar refractivity (Wildman–Crippen MR) is 91.8 cm³/mol. The molecule has 0 aliphatic carbocycles. The Morgan fingerprint density at radius 1 is 1.05 bits per heavy atom. The molecule has 1 aromatic carbocycles. The molecular formula is C19H32N2. The van der Waals surface area contributed by atoms with Crippen LogP contribution in [0, 0.1) is 0 Å². The van der Waals surface area contributed by atoms with E-state index >= 15 is 0 Å². The van der Waals surface area contributed by atoms with Gasteiger partial charge in [-0.05, 0) is 24.9 Å². The average Bonchev–Trinajstić information content (AvgIpc) is 2.52. The van der Waals surface area contributed by atoms with Crippen LogP contribution in [0.4, 0.5) is 0 Å². The van der Waals surface area contributed by atoms with Crippen molar-refractivity contribution in [1.82, 2.24) is 10.2 Å². The Labute approximate surface area is 130 Å². The van der Waals surface area contributed by atoms with Crippen molar-refractivity contribution < 1.29 is 0 Å². The monoisotopic (exact) mass is 288 g/mol. The van der Waals surface area contributed by atoms with Crippen LogP contribution in [-0.2, 0) is 6.42 Å². The number of nitrogens with one attached hydrogen (secondary N) is 1. The third-order valence-corrected chi connectivity index (χ3v) is 4.49. The van der Waals surface area contributed by atoms with Crippen molar-refractivity contribution >= 4 is 0 Å². The molecule has 0 amide bonds. The number of piperazine rings is 1. The van der Waals surface area contributed by atoms with Gasteiger partial charge in [0.1, 0.15) is 0 Å². The molecule has 1 atom stereocenters. The van der Waals surface area contributed by atoms with Crippen LogP contribution in [-0.4, -0.2) is 37.1 Å². The van der Waals surface area contributed by atoms with Gasteiger partial charge in [-0.3, -0.25) is 0 Å². The average molecular weight is 288 g/mol. The summed E-state index contributed by atoms with van der Waals surface area (Å²) < 4.78 is 0. The highest BCUT2D eigenvalue weighted by atomic mass is 15.2. The van der Waals surface area contributed by atoms with Crippen molar-refractivity contribution in [2.24, 2.45) is 0 Å². The first-order chi connectivity index (χ1) is 10.4. The summed E-state index contributed by atoms with van der Waals surface area (Å²) in [6.07, 6.45) is 9.55. The van der Waals surface area contributed by atoms with Crippen LogP contribution >= 0.6 is 0 Å². The Morgan fingerprint density at radius 3 is 2.62 bits per heavy atom. The van der Waals surface area contributed by atoms with Gasteiger partial charge in [-0.25, -0.2) is 0 Å². The fourth-order valence-electron chi connectivity index (χ4n) is 3.25. The van der Waals surface area contributed by atoms with Crippen molar-refractivity contribution in [1.29, 1.82) is 0 Å². The molecule has 2 rings (SSSR count). The summed E-state index contributed by atoms with van der Waals surface area (Å²) in [5.74, 6) is 0. The van der Waals surface area contributed by atoms with Crippen LogP contribution < -0.4 is 5.32 Å². The Bertz CT molecular complexity index is 363. The fraction of sp³-hybridized carbons (Fsp3) is 0.684. The van der Waals surface area contributed by atoms with E-state index in [-0.39, 0.29) is 0 Å². The summed E-state index contributed by atoms with van der Waals surface area (Å²) in [7, 11) is 0. The van der Waals surface area contributed by atoms with Crippen LogP contribution in [0.5, 0.6) is 0 Å². The molecule has 0 spiro atoms. The smallest absolute Gasteiger partial charge is 0.0235 e. The molecule has 1 fully saturated rings. The first-order valence-electron chi connectivity index (χ1n) is 8.88. The van der Waals surface area contributed by atoms with E-state index < -0.39 is 0 Å². The zero-order chi connectivity index (χ0) is 14.8. The summed E-state index contributed by atoms with van der Waals surface area (Å²) in [6, 6.07) is 11.5. The van der Waals surface area contributed by atoms with Crippen molar-refractivity contribution in [3.63, 3.8) is 0 Å². The van der Waals surface area contributed by atoms with Crippen LogP contribution in [0.3, 0.4) is 0 Å². The quantitative estimate of drug-likeness (QED) is 0.694. The summed E-state index contributed by atoms with van der Waals surface area (Å²) in [5, 5.41) is 3.67. The highest BCUT2D eigenvalue weighted by Gasteiger charge is 2.18. The van der Waals surface area contributed by atoms with Crippen molar-refractivity contribution in [3.8, 4) is 0 Å². The van der Waals surface area contributed by atoms with Gasteiger partial charge < -0.3 is 10.2 Å². The molecule has 1 heterocycles. The molecule has 1 aromatic rings. The molecule has 0 radical (unpaired) electrons. The summed E-state index contributed by atoms with van der Waals surface area (Å²) in [4.78, 5) is 2.66. The fourth-order valence-corrected chi connectivity index (χ4v) is 3.25. The largest absolute Gasteiger partial charge is 0.311 e. The van der Waals surface area contributed by atoms with Crippen molar-refractivity contribution in [2.45, 2.75) is 57.9 Å². The second-order valence-electron chi connectivity index (χ2n) is 6.41. The maximum Gasteiger partial charge on any atom is 0.0235 e. The second-order valence-corrected chi connectivity index (χ2v) is 6.41. The van der Waals surface area contributed by atoms with Crippen molar-refractivity contribution in [3.05, 3.63) is 35.9 Å². The molecule has 1 unspecified atom stereocenters. The van der Waals surface area contributed by atoms with Gasteiger partial charge in [0.15, 0.2) is 0 Å². The van der Waals surface area contributed by atoms with Gasteiger partial charge in [0.25, 0.3) is 0 Å². The number of benzene rings is 1. The van der Waals surface area contributed by atoms with Crippen molar-refractivity contribution in [2.75, 3.05) is 26.2 Å².